The van der Waals surface area contributed by atoms with Crippen molar-refractivity contribution < 1.29 is 9.72 Å². The fourth-order valence-corrected chi connectivity index (χ4v) is 3.08. The van der Waals surface area contributed by atoms with E-state index in [1.807, 2.05) is 35.2 Å². The van der Waals surface area contributed by atoms with Gasteiger partial charge in [0.25, 0.3) is 5.69 Å². The average molecular weight is 416 g/mol. The molecule has 1 amide bonds. The van der Waals surface area contributed by atoms with Crippen molar-refractivity contribution in [1.29, 1.82) is 0 Å². The van der Waals surface area contributed by atoms with E-state index < -0.39 is 4.92 Å². The quantitative estimate of drug-likeness (QED) is 0.433. The minimum Gasteiger partial charge on any atom is -0.368 e. The van der Waals surface area contributed by atoms with Crippen LogP contribution in [0.2, 0.25) is 0 Å². The molecule has 0 atom stereocenters. The first-order valence-corrected chi connectivity index (χ1v) is 9.04. The number of benzene rings is 2. The summed E-state index contributed by atoms with van der Waals surface area (Å²) >= 11 is 3.39. The predicted molar refractivity (Wildman–Crippen MR) is 105 cm³/mol. The Hall–Kier alpha value is -2.67. The highest BCUT2D eigenvalue weighted by atomic mass is 79.9. The third-order valence-electron chi connectivity index (χ3n) is 4.31. The number of nitro groups is 1. The lowest BCUT2D eigenvalue weighted by Gasteiger charge is -2.35. The summed E-state index contributed by atoms with van der Waals surface area (Å²) in [5.41, 5.74) is 2.00. The summed E-state index contributed by atoms with van der Waals surface area (Å²) in [7, 11) is 0. The molecule has 3 rings (SSSR count). The number of carbonyl (C=O) groups excluding carboxylic acids is 1. The molecule has 134 valence electrons. The van der Waals surface area contributed by atoms with E-state index in [1.165, 1.54) is 12.1 Å². The van der Waals surface area contributed by atoms with Crippen LogP contribution in [-0.4, -0.2) is 41.9 Å². The number of anilines is 1. The number of non-ortho nitro benzene ring substituents is 1. The van der Waals surface area contributed by atoms with E-state index in [2.05, 4.69) is 20.8 Å². The van der Waals surface area contributed by atoms with Crippen LogP contribution in [0.1, 0.15) is 5.56 Å². The van der Waals surface area contributed by atoms with Gasteiger partial charge in [0.2, 0.25) is 5.91 Å². The molecule has 0 aliphatic carbocycles. The number of hydrogen-bond donors (Lipinski definition) is 0. The van der Waals surface area contributed by atoms with Gasteiger partial charge in [0.15, 0.2) is 0 Å². The number of amides is 1. The molecule has 2 aromatic carbocycles. The van der Waals surface area contributed by atoms with Gasteiger partial charge in [0.1, 0.15) is 0 Å². The zero-order valence-corrected chi connectivity index (χ0v) is 15.6. The third-order valence-corrected chi connectivity index (χ3v) is 4.83. The van der Waals surface area contributed by atoms with Crippen molar-refractivity contribution in [1.82, 2.24) is 4.90 Å². The number of nitrogens with zero attached hydrogens (tertiary/aromatic N) is 3. The zero-order chi connectivity index (χ0) is 18.5. The van der Waals surface area contributed by atoms with Crippen LogP contribution in [0.5, 0.6) is 0 Å². The van der Waals surface area contributed by atoms with E-state index >= 15 is 0 Å². The molecule has 0 aromatic heterocycles. The molecule has 1 heterocycles. The molecule has 26 heavy (non-hydrogen) atoms. The van der Waals surface area contributed by atoms with Gasteiger partial charge in [-0.05, 0) is 35.9 Å². The number of carbonyl (C=O) groups is 1. The first kappa shape index (κ1) is 18.1. The van der Waals surface area contributed by atoms with Gasteiger partial charge in [0.05, 0.1) is 4.92 Å². The second-order valence-corrected chi connectivity index (χ2v) is 6.89. The summed E-state index contributed by atoms with van der Waals surface area (Å²) in [6.07, 6.45) is 3.42. The van der Waals surface area contributed by atoms with Gasteiger partial charge >= 0.3 is 0 Å². The fourth-order valence-electron chi connectivity index (χ4n) is 2.82. The van der Waals surface area contributed by atoms with E-state index in [0.717, 1.165) is 15.7 Å². The van der Waals surface area contributed by atoms with Crippen LogP contribution in [0, 0.1) is 10.1 Å². The zero-order valence-electron chi connectivity index (χ0n) is 14.0. The highest BCUT2D eigenvalue weighted by Crippen LogP contribution is 2.20. The molecule has 0 N–H and O–H groups in total. The number of hydrogen-bond acceptors (Lipinski definition) is 4. The Bertz CT molecular complexity index is 811. The summed E-state index contributed by atoms with van der Waals surface area (Å²) in [5, 5.41) is 10.7. The van der Waals surface area contributed by atoms with Crippen LogP contribution in [0.3, 0.4) is 0 Å². The summed E-state index contributed by atoms with van der Waals surface area (Å²) in [6, 6.07) is 14.3. The van der Waals surface area contributed by atoms with E-state index in [9.17, 15) is 14.9 Å². The second-order valence-electron chi connectivity index (χ2n) is 5.97. The summed E-state index contributed by atoms with van der Waals surface area (Å²) < 4.78 is 1.00. The number of halogens is 1. The largest absolute Gasteiger partial charge is 0.368 e. The smallest absolute Gasteiger partial charge is 0.269 e. The predicted octanol–water partition coefficient (Wildman–Crippen LogP) is 3.72. The molecular weight excluding hydrogens is 398 g/mol. The molecule has 0 saturated carbocycles. The molecule has 0 spiro atoms. The van der Waals surface area contributed by atoms with Crippen molar-refractivity contribution in [2.45, 2.75) is 0 Å². The molecule has 1 fully saturated rings. The molecule has 6 nitrogen and oxygen atoms in total. The molecule has 0 bridgehead atoms. The molecular formula is C19H18BrN3O3. The standard InChI is InChI=1S/C19H18BrN3O3/c20-16-4-1-15(2-5-16)3-10-19(24)22-13-11-21(12-14-22)17-6-8-18(9-7-17)23(25)26/h1-10H,11-14H2. The van der Waals surface area contributed by atoms with Gasteiger partial charge in [-0.3, -0.25) is 14.9 Å². The maximum Gasteiger partial charge on any atom is 0.269 e. The van der Waals surface area contributed by atoms with Crippen LogP contribution in [0.4, 0.5) is 11.4 Å². The van der Waals surface area contributed by atoms with Gasteiger partial charge in [-0.1, -0.05) is 28.1 Å². The molecule has 1 saturated heterocycles. The number of piperazine rings is 1. The fraction of sp³-hybridized carbons (Fsp3) is 0.211. The lowest BCUT2D eigenvalue weighted by Crippen LogP contribution is -2.48. The van der Waals surface area contributed by atoms with Crippen molar-refractivity contribution >= 4 is 39.3 Å². The topological polar surface area (TPSA) is 66.7 Å². The van der Waals surface area contributed by atoms with Crippen LogP contribution < -0.4 is 4.90 Å². The minimum absolute atomic E-state index is 0.00346. The van der Waals surface area contributed by atoms with Gasteiger partial charge in [-0.2, -0.15) is 0 Å². The second kappa shape index (κ2) is 8.14. The maximum absolute atomic E-state index is 12.3. The maximum atomic E-state index is 12.3. The first-order chi connectivity index (χ1) is 12.5. The van der Waals surface area contributed by atoms with Gasteiger partial charge in [0, 0.05) is 54.5 Å². The molecule has 1 aliphatic rings. The SMILES string of the molecule is O=C(C=Cc1ccc(Br)cc1)N1CCN(c2ccc([N+](=O)[O-])cc2)CC1. The first-order valence-electron chi connectivity index (χ1n) is 8.25. The Kier molecular flexibility index (Phi) is 5.68. The van der Waals surface area contributed by atoms with E-state index in [1.54, 1.807) is 18.2 Å². The summed E-state index contributed by atoms with van der Waals surface area (Å²) in [4.78, 5) is 26.6. The third kappa shape index (κ3) is 4.49. The van der Waals surface area contributed by atoms with Crippen molar-refractivity contribution in [2.75, 3.05) is 31.1 Å². The van der Waals surface area contributed by atoms with E-state index in [-0.39, 0.29) is 11.6 Å². The minimum atomic E-state index is -0.405. The molecule has 0 unspecified atom stereocenters. The van der Waals surface area contributed by atoms with Gasteiger partial charge in [-0.25, -0.2) is 0 Å². The normalized spacial score (nSPS) is 14.7. The molecule has 7 heteroatoms. The van der Waals surface area contributed by atoms with Crippen LogP contribution in [0.25, 0.3) is 6.08 Å². The number of nitro benzene ring substituents is 1. The lowest BCUT2D eigenvalue weighted by atomic mass is 10.2. The average Bonchev–Trinajstić information content (AvgIpc) is 2.67. The monoisotopic (exact) mass is 415 g/mol. The van der Waals surface area contributed by atoms with Crippen molar-refractivity contribution in [2.24, 2.45) is 0 Å². The van der Waals surface area contributed by atoms with Gasteiger partial charge < -0.3 is 9.80 Å². The Balaban J connectivity index is 1.55. The van der Waals surface area contributed by atoms with Crippen LogP contribution >= 0.6 is 15.9 Å². The lowest BCUT2D eigenvalue weighted by molar-refractivity contribution is -0.384. The highest BCUT2D eigenvalue weighted by molar-refractivity contribution is 9.10. The van der Waals surface area contributed by atoms with Crippen LogP contribution in [-0.2, 0) is 4.79 Å². The van der Waals surface area contributed by atoms with E-state index in [4.69, 9.17) is 0 Å². The molecule has 0 radical (unpaired) electrons. The Morgan fingerprint density at radius 2 is 1.62 bits per heavy atom. The Morgan fingerprint density at radius 1 is 1.00 bits per heavy atom. The van der Waals surface area contributed by atoms with Gasteiger partial charge in [-0.15, -0.1) is 0 Å². The Morgan fingerprint density at radius 3 is 2.19 bits per heavy atom. The summed E-state index contributed by atoms with van der Waals surface area (Å²) in [6.45, 7) is 2.66. The van der Waals surface area contributed by atoms with Crippen molar-refractivity contribution in [3.8, 4) is 0 Å². The number of rotatable bonds is 4. The molecule has 2 aromatic rings. The summed E-state index contributed by atoms with van der Waals surface area (Å²) in [5.74, 6) is -0.00346. The molecule has 1 aliphatic heterocycles. The highest BCUT2D eigenvalue weighted by Gasteiger charge is 2.20. The van der Waals surface area contributed by atoms with E-state index in [0.29, 0.717) is 26.2 Å². The van der Waals surface area contributed by atoms with Crippen molar-refractivity contribution in [3.05, 3.63) is 74.8 Å². The van der Waals surface area contributed by atoms with Crippen molar-refractivity contribution in [3.63, 3.8) is 0 Å². The Labute approximate surface area is 160 Å². The van der Waals surface area contributed by atoms with Crippen LogP contribution in [0.15, 0.2) is 59.1 Å².